The van der Waals surface area contributed by atoms with Gasteiger partial charge in [0.2, 0.25) is 5.91 Å². The Bertz CT molecular complexity index is 453. The largest absolute Gasteiger partial charge is 0.368 e. The second-order valence-electron chi connectivity index (χ2n) is 6.60. The quantitative estimate of drug-likeness (QED) is 0.918. The summed E-state index contributed by atoms with van der Waals surface area (Å²) in [5.74, 6) is 0.00916. The number of benzene rings is 1. The van der Waals surface area contributed by atoms with Crippen molar-refractivity contribution in [2.75, 3.05) is 6.61 Å². The zero-order valence-corrected chi connectivity index (χ0v) is 12.9. The zero-order valence-electron chi connectivity index (χ0n) is 12.9. The molecule has 2 atom stereocenters. The van der Waals surface area contributed by atoms with Gasteiger partial charge in [-0.1, -0.05) is 45.0 Å². The van der Waals surface area contributed by atoms with Gasteiger partial charge in [-0.15, -0.1) is 0 Å². The smallest absolute Gasteiger partial charge is 0.249 e. The summed E-state index contributed by atoms with van der Waals surface area (Å²) in [5, 5.41) is 3.03. The molecule has 3 heteroatoms. The molecule has 1 amide bonds. The zero-order chi connectivity index (χ0) is 14.8. The minimum absolute atomic E-state index is 0.00916. The average Bonchev–Trinajstić information content (AvgIpc) is 2.91. The van der Waals surface area contributed by atoms with Crippen LogP contribution >= 0.6 is 0 Å². The molecule has 1 heterocycles. The monoisotopic (exact) mass is 275 g/mol. The third-order valence-electron chi connectivity index (χ3n) is 3.86. The van der Waals surface area contributed by atoms with Crippen molar-refractivity contribution in [1.29, 1.82) is 0 Å². The van der Waals surface area contributed by atoms with Gasteiger partial charge in [0, 0.05) is 6.61 Å². The molecule has 0 saturated carbocycles. The maximum Gasteiger partial charge on any atom is 0.249 e. The maximum absolute atomic E-state index is 12.0. The van der Waals surface area contributed by atoms with Gasteiger partial charge < -0.3 is 10.1 Å². The van der Waals surface area contributed by atoms with Crippen molar-refractivity contribution < 1.29 is 9.53 Å². The van der Waals surface area contributed by atoms with Crippen LogP contribution in [0.4, 0.5) is 0 Å². The molecular weight excluding hydrogens is 250 g/mol. The van der Waals surface area contributed by atoms with E-state index in [0.29, 0.717) is 6.61 Å². The number of carbonyl (C=O) groups is 1. The van der Waals surface area contributed by atoms with Crippen LogP contribution in [0.15, 0.2) is 24.3 Å². The number of carbonyl (C=O) groups excluding carboxylic acids is 1. The molecule has 1 fully saturated rings. The first kappa shape index (κ1) is 15.0. The fourth-order valence-corrected chi connectivity index (χ4v) is 2.45. The normalized spacial score (nSPS) is 20.7. The van der Waals surface area contributed by atoms with Gasteiger partial charge in [-0.25, -0.2) is 0 Å². The Morgan fingerprint density at radius 2 is 1.95 bits per heavy atom. The van der Waals surface area contributed by atoms with Gasteiger partial charge in [0.15, 0.2) is 0 Å². The van der Waals surface area contributed by atoms with Crippen molar-refractivity contribution >= 4 is 5.91 Å². The van der Waals surface area contributed by atoms with E-state index < -0.39 is 0 Å². The third-order valence-corrected chi connectivity index (χ3v) is 3.86. The minimum atomic E-state index is -0.258. The summed E-state index contributed by atoms with van der Waals surface area (Å²) in [6.45, 7) is 9.31. The highest BCUT2D eigenvalue weighted by Gasteiger charge is 2.24. The summed E-state index contributed by atoms with van der Waals surface area (Å²) in [4.78, 5) is 12.0. The fraction of sp³-hybridized carbons (Fsp3) is 0.588. The van der Waals surface area contributed by atoms with E-state index in [1.807, 2.05) is 6.92 Å². The van der Waals surface area contributed by atoms with Gasteiger partial charge in [-0.3, -0.25) is 4.79 Å². The predicted molar refractivity (Wildman–Crippen MR) is 80.7 cm³/mol. The minimum Gasteiger partial charge on any atom is -0.368 e. The molecule has 1 aliphatic heterocycles. The second-order valence-corrected chi connectivity index (χ2v) is 6.60. The molecule has 1 saturated heterocycles. The van der Waals surface area contributed by atoms with Gasteiger partial charge in [-0.2, -0.15) is 0 Å². The van der Waals surface area contributed by atoms with Crippen LogP contribution in [0.1, 0.15) is 57.7 Å². The molecule has 1 aromatic rings. The van der Waals surface area contributed by atoms with Gasteiger partial charge in [-0.05, 0) is 36.3 Å². The first-order valence-electron chi connectivity index (χ1n) is 7.40. The SMILES string of the molecule is C[C@@H](NC(=O)[C@@H]1CCCO1)c1ccc(C(C)(C)C)cc1. The molecule has 2 rings (SSSR count). The molecule has 20 heavy (non-hydrogen) atoms. The highest BCUT2D eigenvalue weighted by molar-refractivity contribution is 5.81. The third kappa shape index (κ3) is 3.60. The van der Waals surface area contributed by atoms with Crippen LogP contribution in [-0.4, -0.2) is 18.6 Å². The first-order valence-corrected chi connectivity index (χ1v) is 7.40. The molecule has 0 bridgehead atoms. The summed E-state index contributed by atoms with van der Waals surface area (Å²) in [6, 6.07) is 8.50. The standard InChI is InChI=1S/C17H25NO2/c1-12(18-16(19)15-6-5-11-20-15)13-7-9-14(10-8-13)17(2,3)4/h7-10,12,15H,5-6,11H2,1-4H3,(H,18,19)/t12-,15+/m1/s1. The van der Waals surface area contributed by atoms with E-state index in [1.165, 1.54) is 5.56 Å². The van der Waals surface area contributed by atoms with Crippen LogP contribution in [0, 0.1) is 0 Å². The summed E-state index contributed by atoms with van der Waals surface area (Å²) in [6.07, 6.45) is 1.56. The molecular formula is C17H25NO2. The van der Waals surface area contributed by atoms with Gasteiger partial charge >= 0.3 is 0 Å². The first-order chi connectivity index (χ1) is 9.38. The topological polar surface area (TPSA) is 38.3 Å². The van der Waals surface area contributed by atoms with Crippen LogP contribution < -0.4 is 5.32 Å². The van der Waals surface area contributed by atoms with E-state index >= 15 is 0 Å². The Hall–Kier alpha value is -1.35. The lowest BCUT2D eigenvalue weighted by atomic mass is 9.86. The molecule has 0 aliphatic carbocycles. The van der Waals surface area contributed by atoms with Crippen LogP contribution in [0.2, 0.25) is 0 Å². The average molecular weight is 275 g/mol. The Morgan fingerprint density at radius 3 is 2.45 bits per heavy atom. The van der Waals surface area contributed by atoms with Crippen molar-refractivity contribution in [1.82, 2.24) is 5.32 Å². The van der Waals surface area contributed by atoms with Gasteiger partial charge in [0.05, 0.1) is 6.04 Å². The van der Waals surface area contributed by atoms with Crippen molar-refractivity contribution in [3.63, 3.8) is 0 Å². The Morgan fingerprint density at radius 1 is 1.30 bits per heavy atom. The number of rotatable bonds is 3. The highest BCUT2D eigenvalue weighted by Crippen LogP contribution is 2.24. The summed E-state index contributed by atoms with van der Waals surface area (Å²) in [5.41, 5.74) is 2.59. The lowest BCUT2D eigenvalue weighted by molar-refractivity contribution is -0.130. The van der Waals surface area contributed by atoms with Crippen LogP contribution in [0.5, 0.6) is 0 Å². The fourth-order valence-electron chi connectivity index (χ4n) is 2.45. The molecule has 0 aromatic heterocycles. The summed E-state index contributed by atoms with van der Waals surface area (Å²) < 4.78 is 5.40. The molecule has 3 nitrogen and oxygen atoms in total. The lowest BCUT2D eigenvalue weighted by Gasteiger charge is -2.21. The van der Waals surface area contributed by atoms with E-state index in [2.05, 4.69) is 50.4 Å². The Kier molecular flexibility index (Phi) is 4.48. The van der Waals surface area contributed by atoms with Gasteiger partial charge in [0.1, 0.15) is 6.10 Å². The van der Waals surface area contributed by atoms with E-state index in [1.54, 1.807) is 0 Å². The van der Waals surface area contributed by atoms with E-state index in [-0.39, 0.29) is 23.5 Å². The van der Waals surface area contributed by atoms with E-state index in [4.69, 9.17) is 4.74 Å². The van der Waals surface area contributed by atoms with Crippen molar-refractivity contribution in [3.8, 4) is 0 Å². The number of ether oxygens (including phenoxy) is 1. The van der Waals surface area contributed by atoms with Crippen LogP contribution in [0.25, 0.3) is 0 Å². The van der Waals surface area contributed by atoms with Gasteiger partial charge in [0.25, 0.3) is 0 Å². The maximum atomic E-state index is 12.0. The van der Waals surface area contributed by atoms with Crippen LogP contribution in [-0.2, 0) is 14.9 Å². The molecule has 110 valence electrons. The molecule has 0 unspecified atom stereocenters. The summed E-state index contributed by atoms with van der Waals surface area (Å²) >= 11 is 0. The Balaban J connectivity index is 1.98. The molecule has 0 radical (unpaired) electrons. The summed E-state index contributed by atoms with van der Waals surface area (Å²) in [7, 11) is 0. The highest BCUT2D eigenvalue weighted by atomic mass is 16.5. The molecule has 1 aromatic carbocycles. The van der Waals surface area contributed by atoms with E-state index in [0.717, 1.165) is 18.4 Å². The number of amides is 1. The van der Waals surface area contributed by atoms with Crippen molar-refractivity contribution in [2.45, 2.75) is 58.1 Å². The second kappa shape index (κ2) is 5.96. The number of nitrogens with one attached hydrogen (secondary N) is 1. The molecule has 1 aliphatic rings. The van der Waals surface area contributed by atoms with Crippen LogP contribution in [0.3, 0.4) is 0 Å². The Labute approximate surface area is 121 Å². The van der Waals surface area contributed by atoms with Crippen molar-refractivity contribution in [2.24, 2.45) is 0 Å². The molecule has 0 spiro atoms. The van der Waals surface area contributed by atoms with Crippen molar-refractivity contribution in [3.05, 3.63) is 35.4 Å². The number of hydrogen-bond acceptors (Lipinski definition) is 2. The number of hydrogen-bond donors (Lipinski definition) is 1. The molecule has 1 N–H and O–H groups in total. The predicted octanol–water partition coefficient (Wildman–Crippen LogP) is 3.34. The van der Waals surface area contributed by atoms with E-state index in [9.17, 15) is 4.79 Å². The lowest BCUT2D eigenvalue weighted by Crippen LogP contribution is -2.35.